The monoisotopic (exact) mass is 476 g/mol. The van der Waals surface area contributed by atoms with Gasteiger partial charge in [-0.15, -0.1) is 24.0 Å². The van der Waals surface area contributed by atoms with Crippen LogP contribution in [0.4, 0.5) is 4.39 Å². The van der Waals surface area contributed by atoms with E-state index in [2.05, 4.69) is 15.6 Å². The second-order valence-corrected chi connectivity index (χ2v) is 6.70. The summed E-state index contributed by atoms with van der Waals surface area (Å²) in [6.07, 6.45) is 6.53. The smallest absolute Gasteiger partial charge is 0.243 e. The molecule has 0 unspecified atom stereocenters. The Balaban J connectivity index is 0.00000338. The number of rotatable bonds is 6. The van der Waals surface area contributed by atoms with E-state index in [-0.39, 0.29) is 42.2 Å². The molecule has 0 atom stereocenters. The third-order valence-corrected chi connectivity index (χ3v) is 4.46. The van der Waals surface area contributed by atoms with Crippen LogP contribution in [-0.4, -0.2) is 50.0 Å². The Morgan fingerprint density at radius 3 is 2.58 bits per heavy atom. The third-order valence-electron chi connectivity index (χ3n) is 4.46. The highest BCUT2D eigenvalue weighted by Crippen LogP contribution is 2.17. The number of aliphatic imine (C=N–C) groups is 1. The SMILES string of the molecule is CN(C)C(=O)CN=C(NCCc1ccccc1F)NC1CCCCC1.I. The Labute approximate surface area is 172 Å². The van der Waals surface area contributed by atoms with Gasteiger partial charge in [0, 0.05) is 26.7 Å². The number of nitrogens with one attached hydrogen (secondary N) is 2. The Kier molecular flexibility index (Phi) is 10.5. The van der Waals surface area contributed by atoms with Gasteiger partial charge in [-0.3, -0.25) is 4.79 Å². The van der Waals surface area contributed by atoms with E-state index in [1.807, 2.05) is 6.07 Å². The van der Waals surface area contributed by atoms with E-state index in [1.54, 1.807) is 26.2 Å². The quantitative estimate of drug-likeness (QED) is 0.377. The van der Waals surface area contributed by atoms with Crippen LogP contribution in [0.15, 0.2) is 29.3 Å². The van der Waals surface area contributed by atoms with E-state index in [1.165, 1.54) is 30.2 Å². The van der Waals surface area contributed by atoms with Gasteiger partial charge in [0.15, 0.2) is 5.96 Å². The van der Waals surface area contributed by atoms with Crippen LogP contribution in [0.2, 0.25) is 0 Å². The first kappa shape index (κ1) is 22.7. The van der Waals surface area contributed by atoms with E-state index in [4.69, 9.17) is 0 Å². The summed E-state index contributed by atoms with van der Waals surface area (Å²) in [6.45, 7) is 0.671. The number of benzene rings is 1. The molecule has 7 heteroatoms. The lowest BCUT2D eigenvalue weighted by atomic mass is 9.96. The number of carbonyl (C=O) groups excluding carboxylic acids is 1. The first-order valence-electron chi connectivity index (χ1n) is 9.04. The molecule has 0 spiro atoms. The molecule has 0 saturated heterocycles. The van der Waals surface area contributed by atoms with E-state index >= 15 is 0 Å². The highest BCUT2D eigenvalue weighted by atomic mass is 127. The average Bonchev–Trinajstić information content (AvgIpc) is 2.61. The molecule has 2 rings (SSSR count). The molecule has 1 aliphatic rings. The summed E-state index contributed by atoms with van der Waals surface area (Å²) in [4.78, 5) is 17.7. The maximum atomic E-state index is 13.7. The molecule has 0 radical (unpaired) electrons. The van der Waals surface area contributed by atoms with Crippen LogP contribution in [0.1, 0.15) is 37.7 Å². The Morgan fingerprint density at radius 1 is 1.23 bits per heavy atom. The average molecular weight is 476 g/mol. The lowest BCUT2D eigenvalue weighted by molar-refractivity contribution is -0.127. The molecule has 0 aliphatic heterocycles. The summed E-state index contributed by atoms with van der Waals surface area (Å²) in [7, 11) is 3.44. The normalized spacial score (nSPS) is 15.1. The van der Waals surface area contributed by atoms with Gasteiger partial charge < -0.3 is 15.5 Å². The molecule has 26 heavy (non-hydrogen) atoms. The molecule has 146 valence electrons. The van der Waals surface area contributed by atoms with Crippen LogP contribution in [0.3, 0.4) is 0 Å². The molecule has 0 aromatic heterocycles. The molecule has 5 nitrogen and oxygen atoms in total. The number of amides is 1. The van der Waals surface area contributed by atoms with Crippen LogP contribution in [0.5, 0.6) is 0 Å². The van der Waals surface area contributed by atoms with Crippen molar-refractivity contribution >= 4 is 35.8 Å². The summed E-state index contributed by atoms with van der Waals surface area (Å²) in [5, 5.41) is 6.66. The van der Waals surface area contributed by atoms with Crippen molar-refractivity contribution in [3.05, 3.63) is 35.6 Å². The van der Waals surface area contributed by atoms with Crippen molar-refractivity contribution in [2.75, 3.05) is 27.2 Å². The molecule has 1 fully saturated rings. The van der Waals surface area contributed by atoms with Crippen molar-refractivity contribution in [2.45, 2.75) is 44.6 Å². The molecule has 1 saturated carbocycles. The number of likely N-dealkylation sites (N-methyl/N-ethyl adjacent to an activating group) is 1. The fraction of sp³-hybridized carbons (Fsp3) is 0.579. The van der Waals surface area contributed by atoms with E-state index in [0.717, 1.165) is 12.8 Å². The minimum absolute atomic E-state index is 0. The van der Waals surface area contributed by atoms with Gasteiger partial charge in [-0.1, -0.05) is 37.5 Å². The van der Waals surface area contributed by atoms with Crippen LogP contribution in [-0.2, 0) is 11.2 Å². The summed E-state index contributed by atoms with van der Waals surface area (Å²) in [6, 6.07) is 7.18. The first-order valence-corrected chi connectivity index (χ1v) is 9.04. The van der Waals surface area contributed by atoms with Gasteiger partial charge in [-0.2, -0.15) is 0 Å². The highest BCUT2D eigenvalue weighted by molar-refractivity contribution is 14.0. The molecular weight excluding hydrogens is 446 g/mol. The molecule has 1 aromatic carbocycles. The Hall–Kier alpha value is -1.38. The van der Waals surface area contributed by atoms with Gasteiger partial charge in [-0.25, -0.2) is 9.38 Å². The second-order valence-electron chi connectivity index (χ2n) is 6.70. The fourth-order valence-electron chi connectivity index (χ4n) is 2.90. The number of guanidine groups is 1. The molecule has 0 bridgehead atoms. The zero-order valence-corrected chi connectivity index (χ0v) is 18.0. The standard InChI is InChI=1S/C19H29FN4O.HI/c1-24(2)18(25)14-22-19(23-16-9-4-3-5-10-16)21-13-12-15-8-6-7-11-17(15)20;/h6-8,11,16H,3-5,9-10,12-14H2,1-2H3,(H2,21,22,23);1H. The Bertz CT molecular complexity index is 589. The predicted octanol–water partition coefficient (Wildman–Crippen LogP) is 2.94. The van der Waals surface area contributed by atoms with Crippen molar-refractivity contribution in [3.63, 3.8) is 0 Å². The minimum atomic E-state index is -0.189. The molecule has 1 aromatic rings. The van der Waals surface area contributed by atoms with Crippen LogP contribution >= 0.6 is 24.0 Å². The van der Waals surface area contributed by atoms with E-state index < -0.39 is 0 Å². The maximum absolute atomic E-state index is 13.7. The van der Waals surface area contributed by atoms with Gasteiger partial charge in [0.1, 0.15) is 12.4 Å². The van der Waals surface area contributed by atoms with Crippen LogP contribution in [0, 0.1) is 5.82 Å². The van der Waals surface area contributed by atoms with Gasteiger partial charge in [0.05, 0.1) is 0 Å². The number of halogens is 2. The third kappa shape index (κ3) is 7.88. The van der Waals surface area contributed by atoms with E-state index in [0.29, 0.717) is 30.5 Å². The first-order chi connectivity index (χ1) is 12.1. The number of hydrogen-bond donors (Lipinski definition) is 2. The molecule has 0 heterocycles. The lowest BCUT2D eigenvalue weighted by Gasteiger charge is -2.25. The number of nitrogens with zero attached hydrogens (tertiary/aromatic N) is 2. The molecule has 2 N–H and O–H groups in total. The van der Waals surface area contributed by atoms with Crippen LogP contribution < -0.4 is 10.6 Å². The van der Waals surface area contributed by atoms with Crippen molar-refractivity contribution in [1.29, 1.82) is 0 Å². The van der Waals surface area contributed by atoms with Gasteiger partial charge >= 0.3 is 0 Å². The minimum Gasteiger partial charge on any atom is -0.356 e. The lowest BCUT2D eigenvalue weighted by Crippen LogP contribution is -2.45. The topological polar surface area (TPSA) is 56.7 Å². The number of carbonyl (C=O) groups is 1. The Morgan fingerprint density at radius 2 is 1.92 bits per heavy atom. The molecule has 1 amide bonds. The number of hydrogen-bond acceptors (Lipinski definition) is 2. The van der Waals surface area contributed by atoms with Gasteiger partial charge in [0.2, 0.25) is 5.91 Å². The van der Waals surface area contributed by atoms with E-state index in [9.17, 15) is 9.18 Å². The van der Waals surface area contributed by atoms with Gasteiger partial charge in [-0.05, 0) is 30.9 Å². The summed E-state index contributed by atoms with van der Waals surface area (Å²) >= 11 is 0. The van der Waals surface area contributed by atoms with Crippen molar-refractivity contribution in [1.82, 2.24) is 15.5 Å². The molecular formula is C19H30FIN4O. The second kappa shape index (κ2) is 12.1. The zero-order valence-electron chi connectivity index (χ0n) is 15.6. The highest BCUT2D eigenvalue weighted by Gasteiger charge is 2.15. The zero-order chi connectivity index (χ0) is 18.1. The van der Waals surface area contributed by atoms with Crippen molar-refractivity contribution in [3.8, 4) is 0 Å². The van der Waals surface area contributed by atoms with Crippen molar-refractivity contribution in [2.24, 2.45) is 4.99 Å². The predicted molar refractivity (Wildman–Crippen MR) is 115 cm³/mol. The summed E-state index contributed by atoms with van der Waals surface area (Å²) in [5.41, 5.74) is 0.677. The van der Waals surface area contributed by atoms with Crippen molar-refractivity contribution < 1.29 is 9.18 Å². The summed E-state index contributed by atoms with van der Waals surface area (Å²) < 4.78 is 13.7. The summed E-state index contributed by atoms with van der Waals surface area (Å²) in [5.74, 6) is 0.406. The van der Waals surface area contributed by atoms with Crippen LogP contribution in [0.25, 0.3) is 0 Å². The largest absolute Gasteiger partial charge is 0.356 e. The maximum Gasteiger partial charge on any atom is 0.243 e. The fourth-order valence-corrected chi connectivity index (χ4v) is 2.90. The van der Waals surface area contributed by atoms with Gasteiger partial charge in [0.25, 0.3) is 0 Å². The molecule has 1 aliphatic carbocycles.